The van der Waals surface area contributed by atoms with Crippen molar-refractivity contribution in [3.63, 3.8) is 0 Å². The van der Waals surface area contributed by atoms with E-state index in [2.05, 4.69) is 0 Å². The van der Waals surface area contributed by atoms with Gasteiger partial charge in [-0.25, -0.2) is 0 Å². The van der Waals surface area contributed by atoms with Crippen LogP contribution in [-0.2, 0) is 11.0 Å². The van der Waals surface area contributed by atoms with Crippen molar-refractivity contribution < 1.29 is 22.7 Å². The SMILES string of the molecule is Nc1cc(C(F)(F)F)ccc1OC1CCC(=O)CC1. The molecule has 0 radical (unpaired) electrons. The Morgan fingerprint density at radius 2 is 1.84 bits per heavy atom. The molecule has 0 bridgehead atoms. The summed E-state index contributed by atoms with van der Waals surface area (Å²) in [4.78, 5) is 11.1. The van der Waals surface area contributed by atoms with Gasteiger partial charge in [-0.05, 0) is 31.0 Å². The minimum absolute atomic E-state index is 0.0354. The minimum atomic E-state index is -4.41. The fourth-order valence-corrected chi connectivity index (χ4v) is 2.04. The molecule has 6 heteroatoms. The zero-order chi connectivity index (χ0) is 14.0. The Kier molecular flexibility index (Phi) is 3.68. The number of hydrogen-bond acceptors (Lipinski definition) is 3. The summed E-state index contributed by atoms with van der Waals surface area (Å²) in [7, 11) is 0. The second kappa shape index (κ2) is 5.11. The fraction of sp³-hybridized carbons (Fsp3) is 0.462. The van der Waals surface area contributed by atoms with Gasteiger partial charge in [0.15, 0.2) is 0 Å². The first-order valence-electron chi connectivity index (χ1n) is 6.01. The molecule has 3 nitrogen and oxygen atoms in total. The molecule has 0 aliphatic heterocycles. The summed E-state index contributed by atoms with van der Waals surface area (Å²) in [6.45, 7) is 0. The van der Waals surface area contributed by atoms with Gasteiger partial charge in [-0.3, -0.25) is 4.79 Å². The Bertz CT molecular complexity index is 475. The number of rotatable bonds is 2. The molecule has 0 aromatic heterocycles. The topological polar surface area (TPSA) is 52.3 Å². The van der Waals surface area contributed by atoms with Gasteiger partial charge in [-0.1, -0.05) is 0 Å². The number of carbonyl (C=O) groups excluding carboxylic acids is 1. The maximum Gasteiger partial charge on any atom is 0.416 e. The van der Waals surface area contributed by atoms with Crippen LogP contribution in [0.15, 0.2) is 18.2 Å². The molecule has 2 N–H and O–H groups in total. The highest BCUT2D eigenvalue weighted by Gasteiger charge is 2.31. The predicted molar refractivity (Wildman–Crippen MR) is 63.7 cm³/mol. The van der Waals surface area contributed by atoms with Crippen LogP contribution in [0.4, 0.5) is 18.9 Å². The van der Waals surface area contributed by atoms with Crippen LogP contribution in [0.1, 0.15) is 31.2 Å². The van der Waals surface area contributed by atoms with Crippen LogP contribution in [0.3, 0.4) is 0 Å². The molecule has 19 heavy (non-hydrogen) atoms. The molecule has 1 aromatic rings. The average Bonchev–Trinajstić information content (AvgIpc) is 2.33. The van der Waals surface area contributed by atoms with Crippen molar-refractivity contribution >= 4 is 11.5 Å². The van der Waals surface area contributed by atoms with E-state index in [1.54, 1.807) is 0 Å². The van der Waals surface area contributed by atoms with Gasteiger partial charge in [0, 0.05) is 12.8 Å². The number of anilines is 1. The number of ether oxygens (including phenoxy) is 1. The molecule has 1 aromatic carbocycles. The highest BCUT2D eigenvalue weighted by Crippen LogP contribution is 2.34. The normalized spacial score (nSPS) is 17.5. The van der Waals surface area contributed by atoms with Crippen molar-refractivity contribution in [3.8, 4) is 5.75 Å². The van der Waals surface area contributed by atoms with E-state index in [1.165, 1.54) is 6.07 Å². The van der Waals surface area contributed by atoms with Crippen LogP contribution in [-0.4, -0.2) is 11.9 Å². The van der Waals surface area contributed by atoms with Crippen molar-refractivity contribution in [3.05, 3.63) is 23.8 Å². The molecule has 0 heterocycles. The second-order valence-corrected chi connectivity index (χ2v) is 4.61. The Morgan fingerprint density at radius 3 is 2.37 bits per heavy atom. The first-order valence-corrected chi connectivity index (χ1v) is 6.01. The Balaban J connectivity index is 2.07. The van der Waals surface area contributed by atoms with Gasteiger partial charge in [0.25, 0.3) is 0 Å². The number of alkyl halides is 3. The average molecular weight is 273 g/mol. The summed E-state index contributed by atoms with van der Waals surface area (Å²) in [6, 6.07) is 3.04. The smallest absolute Gasteiger partial charge is 0.416 e. The largest absolute Gasteiger partial charge is 0.488 e. The summed E-state index contributed by atoms with van der Waals surface area (Å²) in [5.74, 6) is 0.438. The lowest BCUT2D eigenvalue weighted by molar-refractivity contribution is -0.137. The Hall–Kier alpha value is -1.72. The highest BCUT2D eigenvalue weighted by atomic mass is 19.4. The summed E-state index contributed by atoms with van der Waals surface area (Å²) in [5, 5.41) is 0. The zero-order valence-corrected chi connectivity index (χ0v) is 10.2. The third-order valence-electron chi connectivity index (χ3n) is 3.12. The number of nitrogen functional groups attached to an aromatic ring is 1. The second-order valence-electron chi connectivity index (χ2n) is 4.61. The van der Waals surface area contributed by atoms with Crippen LogP contribution < -0.4 is 10.5 Å². The molecule has 1 saturated carbocycles. The van der Waals surface area contributed by atoms with Crippen molar-refractivity contribution in [1.82, 2.24) is 0 Å². The number of benzene rings is 1. The van der Waals surface area contributed by atoms with Crippen LogP contribution >= 0.6 is 0 Å². The van der Waals surface area contributed by atoms with Gasteiger partial charge in [-0.2, -0.15) is 13.2 Å². The molecule has 0 atom stereocenters. The summed E-state index contributed by atoms with van der Waals surface area (Å²) >= 11 is 0. The van der Waals surface area contributed by atoms with Gasteiger partial charge < -0.3 is 10.5 Å². The third kappa shape index (κ3) is 3.39. The molecule has 0 unspecified atom stereocenters. The minimum Gasteiger partial charge on any atom is -0.488 e. The molecular weight excluding hydrogens is 259 g/mol. The molecule has 0 amide bonds. The molecule has 104 valence electrons. The lowest BCUT2D eigenvalue weighted by atomic mass is 9.96. The number of halogens is 3. The molecule has 1 aliphatic rings. The van der Waals surface area contributed by atoms with Crippen molar-refractivity contribution in [2.45, 2.75) is 38.0 Å². The maximum atomic E-state index is 12.5. The van der Waals surface area contributed by atoms with E-state index in [9.17, 15) is 18.0 Å². The third-order valence-corrected chi connectivity index (χ3v) is 3.12. The van der Waals surface area contributed by atoms with Crippen LogP contribution in [0.2, 0.25) is 0 Å². The number of hydrogen-bond donors (Lipinski definition) is 1. The van der Waals surface area contributed by atoms with E-state index < -0.39 is 11.7 Å². The standard InChI is InChI=1S/C13H14F3NO2/c14-13(15,16)8-1-6-12(11(17)7-8)19-10-4-2-9(18)3-5-10/h1,6-7,10H,2-5,17H2. The van der Waals surface area contributed by atoms with Gasteiger partial charge >= 0.3 is 6.18 Å². The van der Waals surface area contributed by atoms with Gasteiger partial charge in [0.05, 0.1) is 17.4 Å². The van der Waals surface area contributed by atoms with Gasteiger partial charge in [-0.15, -0.1) is 0 Å². The summed E-state index contributed by atoms with van der Waals surface area (Å²) < 4.78 is 43.0. The summed E-state index contributed by atoms with van der Waals surface area (Å²) in [6.07, 6.45) is -2.50. The van der Waals surface area contributed by atoms with Crippen molar-refractivity contribution in [2.75, 3.05) is 5.73 Å². The molecule has 1 fully saturated rings. The number of carbonyl (C=O) groups is 1. The monoisotopic (exact) mass is 273 g/mol. The maximum absolute atomic E-state index is 12.5. The predicted octanol–water partition coefficient (Wildman–Crippen LogP) is 3.18. The van der Waals surface area contributed by atoms with E-state index >= 15 is 0 Å². The quantitative estimate of drug-likeness (QED) is 0.842. The Morgan fingerprint density at radius 1 is 1.21 bits per heavy atom. The van der Waals surface area contributed by atoms with E-state index in [4.69, 9.17) is 10.5 Å². The molecule has 0 saturated heterocycles. The fourth-order valence-electron chi connectivity index (χ4n) is 2.04. The van der Waals surface area contributed by atoms with E-state index in [1.807, 2.05) is 0 Å². The number of Topliss-reactive ketones (excluding diaryl/α,β-unsaturated/α-hetero) is 1. The molecular formula is C13H14F3NO2. The van der Waals surface area contributed by atoms with Crippen LogP contribution in [0.5, 0.6) is 5.75 Å². The van der Waals surface area contributed by atoms with Gasteiger partial charge in [0.2, 0.25) is 0 Å². The first kappa shape index (κ1) is 13.7. The first-order chi connectivity index (χ1) is 8.86. The molecule has 0 spiro atoms. The van der Waals surface area contributed by atoms with E-state index in [0.717, 1.165) is 12.1 Å². The van der Waals surface area contributed by atoms with Crippen LogP contribution in [0.25, 0.3) is 0 Å². The number of ketones is 1. The van der Waals surface area contributed by atoms with E-state index in [-0.39, 0.29) is 23.3 Å². The Labute approximate surface area is 108 Å². The van der Waals surface area contributed by atoms with Crippen molar-refractivity contribution in [2.24, 2.45) is 0 Å². The van der Waals surface area contributed by atoms with Crippen molar-refractivity contribution in [1.29, 1.82) is 0 Å². The van der Waals surface area contributed by atoms with Gasteiger partial charge in [0.1, 0.15) is 11.5 Å². The molecule has 1 aliphatic carbocycles. The van der Waals surface area contributed by atoms with Crippen LogP contribution in [0, 0.1) is 0 Å². The number of nitrogens with two attached hydrogens (primary N) is 1. The lowest BCUT2D eigenvalue weighted by Gasteiger charge is -2.23. The summed E-state index contributed by atoms with van der Waals surface area (Å²) in [5.41, 5.74) is 4.74. The highest BCUT2D eigenvalue weighted by molar-refractivity contribution is 5.79. The van der Waals surface area contributed by atoms with E-state index in [0.29, 0.717) is 25.7 Å². The molecule has 2 rings (SSSR count). The lowest BCUT2D eigenvalue weighted by Crippen LogP contribution is -2.24. The zero-order valence-electron chi connectivity index (χ0n) is 10.2.